The van der Waals surface area contributed by atoms with Crippen LogP contribution in [0.3, 0.4) is 0 Å². The van der Waals surface area contributed by atoms with E-state index in [9.17, 15) is 13.2 Å². The second-order valence-electron chi connectivity index (χ2n) is 5.85. The van der Waals surface area contributed by atoms with Gasteiger partial charge in [-0.15, -0.1) is 0 Å². The monoisotopic (exact) mass is 345 g/mol. The molecular weight excluding hydrogens is 326 g/mol. The standard InChI is InChI=1S/C18H19NO4S/c1-13-8-10-15(11-9-13)24(21,22)19-16(12-17(20)23-2)18(19)14-6-4-3-5-7-14/h3-11,16,18H,12H2,1-2H3/t16-,18+,19?/m0/s1. The molecule has 24 heavy (non-hydrogen) atoms. The summed E-state index contributed by atoms with van der Waals surface area (Å²) in [6.07, 6.45) is 0.0428. The van der Waals surface area contributed by atoms with Gasteiger partial charge in [0.1, 0.15) is 0 Å². The van der Waals surface area contributed by atoms with Gasteiger partial charge < -0.3 is 4.74 Å². The predicted molar refractivity (Wildman–Crippen MR) is 89.8 cm³/mol. The lowest BCUT2D eigenvalue weighted by Crippen LogP contribution is -2.17. The van der Waals surface area contributed by atoms with E-state index in [1.54, 1.807) is 24.3 Å². The molecule has 126 valence electrons. The Balaban J connectivity index is 1.94. The highest BCUT2D eigenvalue weighted by atomic mass is 32.2. The zero-order valence-corrected chi connectivity index (χ0v) is 14.4. The minimum absolute atomic E-state index is 0.0428. The highest BCUT2D eigenvalue weighted by Crippen LogP contribution is 2.49. The second-order valence-corrected chi connectivity index (χ2v) is 7.69. The number of aryl methyl sites for hydroxylation is 1. The Morgan fingerprint density at radius 2 is 1.71 bits per heavy atom. The van der Waals surface area contributed by atoms with Crippen molar-refractivity contribution in [3.8, 4) is 0 Å². The van der Waals surface area contributed by atoms with E-state index in [1.807, 2.05) is 37.3 Å². The number of ether oxygens (including phenoxy) is 1. The summed E-state index contributed by atoms with van der Waals surface area (Å²) in [4.78, 5) is 11.9. The van der Waals surface area contributed by atoms with E-state index in [0.717, 1.165) is 11.1 Å². The molecule has 0 saturated carbocycles. The Bertz CT molecular complexity index is 831. The van der Waals surface area contributed by atoms with Gasteiger partial charge in [-0.25, -0.2) is 8.42 Å². The van der Waals surface area contributed by atoms with Crippen LogP contribution in [0.5, 0.6) is 0 Å². The fourth-order valence-electron chi connectivity index (χ4n) is 2.89. The average Bonchev–Trinajstić information content (AvgIpc) is 3.30. The van der Waals surface area contributed by atoms with Crippen LogP contribution in [0.25, 0.3) is 0 Å². The molecule has 2 aromatic carbocycles. The van der Waals surface area contributed by atoms with Crippen LogP contribution in [0.15, 0.2) is 59.5 Å². The number of rotatable bonds is 5. The summed E-state index contributed by atoms with van der Waals surface area (Å²) in [7, 11) is -2.35. The molecular formula is C18H19NO4S. The maximum Gasteiger partial charge on any atom is 0.307 e. The molecule has 0 amide bonds. The van der Waals surface area contributed by atoms with Crippen molar-refractivity contribution in [3.63, 3.8) is 0 Å². The Kier molecular flexibility index (Phi) is 4.43. The van der Waals surface area contributed by atoms with Crippen LogP contribution in [-0.4, -0.2) is 31.8 Å². The zero-order chi connectivity index (χ0) is 17.3. The molecule has 0 spiro atoms. The molecule has 1 aliphatic rings. The number of hydrogen-bond acceptors (Lipinski definition) is 4. The minimum Gasteiger partial charge on any atom is -0.469 e. The molecule has 1 saturated heterocycles. The number of carbonyl (C=O) groups is 1. The number of carbonyl (C=O) groups excluding carboxylic acids is 1. The lowest BCUT2D eigenvalue weighted by atomic mass is 10.1. The van der Waals surface area contributed by atoms with Crippen LogP contribution in [-0.2, 0) is 19.6 Å². The third kappa shape index (κ3) is 3.07. The van der Waals surface area contributed by atoms with Crippen molar-refractivity contribution in [2.75, 3.05) is 7.11 Å². The van der Waals surface area contributed by atoms with Crippen molar-refractivity contribution in [3.05, 3.63) is 65.7 Å². The molecule has 0 radical (unpaired) electrons. The Labute approximate surface area is 141 Å². The van der Waals surface area contributed by atoms with Gasteiger partial charge >= 0.3 is 5.97 Å². The number of nitrogens with zero attached hydrogens (tertiary/aromatic N) is 1. The highest BCUT2D eigenvalue weighted by Gasteiger charge is 2.56. The Morgan fingerprint density at radius 1 is 1.08 bits per heavy atom. The van der Waals surface area contributed by atoms with Crippen LogP contribution in [0.4, 0.5) is 0 Å². The normalized spacial score (nSPS) is 22.8. The van der Waals surface area contributed by atoms with Gasteiger partial charge in [-0.1, -0.05) is 48.0 Å². The van der Waals surface area contributed by atoms with E-state index >= 15 is 0 Å². The van der Waals surface area contributed by atoms with Crippen LogP contribution in [0.2, 0.25) is 0 Å². The largest absolute Gasteiger partial charge is 0.469 e. The van der Waals surface area contributed by atoms with Crippen LogP contribution in [0, 0.1) is 6.92 Å². The summed E-state index contributed by atoms with van der Waals surface area (Å²) in [5.74, 6) is -0.414. The summed E-state index contributed by atoms with van der Waals surface area (Å²) < 4.78 is 32.0. The Morgan fingerprint density at radius 3 is 2.29 bits per heavy atom. The summed E-state index contributed by atoms with van der Waals surface area (Å²) in [6.45, 7) is 1.90. The van der Waals surface area contributed by atoms with Crippen molar-refractivity contribution in [1.82, 2.24) is 4.31 Å². The second kappa shape index (κ2) is 6.37. The van der Waals surface area contributed by atoms with Gasteiger partial charge in [0.15, 0.2) is 0 Å². The summed E-state index contributed by atoms with van der Waals surface area (Å²) in [5.41, 5.74) is 1.87. The van der Waals surface area contributed by atoms with E-state index in [0.29, 0.717) is 0 Å². The first-order valence-electron chi connectivity index (χ1n) is 7.67. The molecule has 1 heterocycles. The first kappa shape index (κ1) is 16.7. The number of esters is 1. The molecule has 6 heteroatoms. The quantitative estimate of drug-likeness (QED) is 0.617. The minimum atomic E-state index is -3.66. The number of hydrogen-bond donors (Lipinski definition) is 0. The third-order valence-electron chi connectivity index (χ3n) is 4.22. The maximum absolute atomic E-state index is 12.9. The topological polar surface area (TPSA) is 63.5 Å². The third-order valence-corrected chi connectivity index (χ3v) is 6.14. The molecule has 3 rings (SSSR count). The molecule has 0 N–H and O–H groups in total. The van der Waals surface area contributed by atoms with Crippen molar-refractivity contribution >= 4 is 16.0 Å². The average molecular weight is 345 g/mol. The van der Waals surface area contributed by atoms with Gasteiger partial charge in [0.2, 0.25) is 10.0 Å². The van der Waals surface area contributed by atoms with Crippen LogP contribution >= 0.6 is 0 Å². The van der Waals surface area contributed by atoms with Crippen molar-refractivity contribution < 1.29 is 17.9 Å². The number of sulfonamides is 1. The van der Waals surface area contributed by atoms with Gasteiger partial charge in [-0.3, -0.25) is 4.79 Å². The maximum atomic E-state index is 12.9. The predicted octanol–water partition coefficient (Wildman–Crippen LogP) is 2.67. The number of methoxy groups -OCH3 is 1. The zero-order valence-electron chi connectivity index (χ0n) is 13.5. The molecule has 3 atom stereocenters. The van der Waals surface area contributed by atoms with E-state index < -0.39 is 22.0 Å². The fourth-order valence-corrected chi connectivity index (χ4v) is 4.67. The van der Waals surface area contributed by atoms with Gasteiger partial charge in [-0.05, 0) is 24.6 Å². The molecule has 2 aromatic rings. The van der Waals surface area contributed by atoms with Gasteiger partial charge in [0.05, 0.1) is 30.5 Å². The van der Waals surface area contributed by atoms with E-state index in [-0.39, 0.29) is 17.4 Å². The fraction of sp³-hybridized carbons (Fsp3) is 0.278. The summed E-state index contributed by atoms with van der Waals surface area (Å²) in [6, 6.07) is 15.3. The van der Waals surface area contributed by atoms with Crippen molar-refractivity contribution in [1.29, 1.82) is 0 Å². The van der Waals surface area contributed by atoms with Crippen molar-refractivity contribution in [2.45, 2.75) is 30.3 Å². The molecule has 1 unspecified atom stereocenters. The van der Waals surface area contributed by atoms with E-state index in [4.69, 9.17) is 4.74 Å². The molecule has 1 aliphatic heterocycles. The lowest BCUT2D eigenvalue weighted by Gasteiger charge is -2.07. The molecule has 1 fully saturated rings. The lowest BCUT2D eigenvalue weighted by molar-refractivity contribution is -0.140. The SMILES string of the molecule is COC(=O)C[C@H]1[C@@H](c2ccccc2)N1S(=O)(=O)c1ccc(C)cc1. The smallest absolute Gasteiger partial charge is 0.307 e. The van der Waals surface area contributed by atoms with Gasteiger partial charge in [0.25, 0.3) is 0 Å². The molecule has 0 bridgehead atoms. The molecule has 0 aliphatic carbocycles. The van der Waals surface area contributed by atoms with Crippen LogP contribution < -0.4 is 0 Å². The Hall–Kier alpha value is -2.18. The van der Waals surface area contributed by atoms with Gasteiger partial charge in [-0.2, -0.15) is 4.31 Å². The van der Waals surface area contributed by atoms with E-state index in [2.05, 4.69) is 0 Å². The van der Waals surface area contributed by atoms with Crippen LogP contribution in [0.1, 0.15) is 23.6 Å². The first-order chi connectivity index (χ1) is 11.4. The molecule has 5 nitrogen and oxygen atoms in total. The highest BCUT2D eigenvalue weighted by molar-refractivity contribution is 7.89. The van der Waals surface area contributed by atoms with Gasteiger partial charge in [0, 0.05) is 0 Å². The summed E-state index contributed by atoms with van der Waals surface area (Å²) in [5, 5.41) is 0. The van der Waals surface area contributed by atoms with Crippen molar-refractivity contribution in [2.24, 2.45) is 0 Å². The first-order valence-corrected chi connectivity index (χ1v) is 9.11. The molecule has 0 aromatic heterocycles. The number of benzene rings is 2. The summed E-state index contributed by atoms with van der Waals surface area (Å²) >= 11 is 0. The van der Waals surface area contributed by atoms with E-state index in [1.165, 1.54) is 11.4 Å².